The second kappa shape index (κ2) is 19.6. The highest BCUT2D eigenvalue weighted by Gasteiger charge is 2.32. The summed E-state index contributed by atoms with van der Waals surface area (Å²) in [5.41, 5.74) is 7.55. The van der Waals surface area contributed by atoms with Gasteiger partial charge in [0.1, 0.15) is 6.10 Å². The zero-order valence-electron chi connectivity index (χ0n) is 30.2. The van der Waals surface area contributed by atoms with Crippen LogP contribution in [0.1, 0.15) is 59.8 Å². The van der Waals surface area contributed by atoms with E-state index in [-0.39, 0.29) is 47.7 Å². The molecule has 3 rings (SSSR count). The number of nitrogens with one attached hydrogen (secondary N) is 2. The van der Waals surface area contributed by atoms with Crippen molar-refractivity contribution in [3.05, 3.63) is 58.4 Å². The van der Waals surface area contributed by atoms with E-state index in [1.807, 2.05) is 19.9 Å². The molecule has 0 radical (unpaired) electrons. The summed E-state index contributed by atoms with van der Waals surface area (Å²) in [6, 6.07) is 0. The Kier molecular flexibility index (Phi) is 15.9. The molecule has 12 heteroatoms. The van der Waals surface area contributed by atoms with E-state index in [1.54, 1.807) is 39.4 Å². The lowest BCUT2D eigenvalue weighted by molar-refractivity contribution is -0.118. The molecule has 1 fully saturated rings. The van der Waals surface area contributed by atoms with Gasteiger partial charge in [0.05, 0.1) is 17.9 Å². The number of rotatable bonds is 8. The Morgan fingerprint density at radius 1 is 1.06 bits per heavy atom. The van der Waals surface area contributed by atoms with Gasteiger partial charge in [-0.25, -0.2) is 4.79 Å². The van der Waals surface area contributed by atoms with E-state index in [0.29, 0.717) is 48.2 Å². The van der Waals surface area contributed by atoms with Crippen molar-refractivity contribution in [3.63, 3.8) is 0 Å². The summed E-state index contributed by atoms with van der Waals surface area (Å²) in [4.78, 5) is 54.6. The van der Waals surface area contributed by atoms with Gasteiger partial charge in [-0.15, -0.1) is 0 Å². The third kappa shape index (κ3) is 11.5. The van der Waals surface area contributed by atoms with E-state index in [1.165, 1.54) is 26.0 Å². The molecule has 2 amide bonds. The number of amides is 2. The number of nitrogens with two attached hydrogens (primary N) is 1. The van der Waals surface area contributed by atoms with Crippen LogP contribution in [0.3, 0.4) is 0 Å². The summed E-state index contributed by atoms with van der Waals surface area (Å²) < 4.78 is 23.1. The summed E-state index contributed by atoms with van der Waals surface area (Å²) in [6.45, 7) is 10.9. The molecular formula is C37H56N4O8. The first-order valence-corrected chi connectivity index (χ1v) is 17.2. The minimum Gasteiger partial charge on any atom is -0.439 e. The smallest absolute Gasteiger partial charge is 0.405 e. The minimum atomic E-state index is -0.947. The number of nitrogens with zero attached hydrogens (tertiary/aromatic N) is 1. The molecule has 0 spiro atoms. The molecule has 2 heterocycles. The number of likely N-dealkylation sites (tertiary alicyclic amines) is 1. The van der Waals surface area contributed by atoms with Crippen molar-refractivity contribution in [2.75, 3.05) is 54.1 Å². The van der Waals surface area contributed by atoms with Gasteiger partial charge in [0.25, 0.3) is 0 Å². The van der Waals surface area contributed by atoms with Gasteiger partial charge in [-0.05, 0) is 76.6 Å². The van der Waals surface area contributed by atoms with Crippen LogP contribution in [-0.4, -0.2) is 107 Å². The van der Waals surface area contributed by atoms with Crippen molar-refractivity contribution < 1.29 is 38.1 Å². The van der Waals surface area contributed by atoms with E-state index in [9.17, 15) is 19.2 Å². The molecule has 2 bridgehead atoms. The Morgan fingerprint density at radius 2 is 1.78 bits per heavy atom. The highest BCUT2D eigenvalue weighted by molar-refractivity contribution is 6.22. The average Bonchev–Trinajstić information content (AvgIpc) is 3.58. The number of fused-ring (bicyclic) bond motifs is 2. The zero-order chi connectivity index (χ0) is 36.1. The van der Waals surface area contributed by atoms with Gasteiger partial charge in [-0.2, -0.15) is 0 Å². The summed E-state index contributed by atoms with van der Waals surface area (Å²) in [5.74, 6) is -0.956. The van der Waals surface area contributed by atoms with E-state index in [4.69, 9.17) is 24.7 Å². The fourth-order valence-electron chi connectivity index (χ4n) is 6.79. The monoisotopic (exact) mass is 684 g/mol. The lowest BCUT2D eigenvalue weighted by Crippen LogP contribution is -2.38. The zero-order valence-corrected chi connectivity index (χ0v) is 30.2. The fourth-order valence-corrected chi connectivity index (χ4v) is 6.79. The first-order valence-electron chi connectivity index (χ1n) is 17.2. The number of primary amides is 1. The predicted molar refractivity (Wildman–Crippen MR) is 187 cm³/mol. The molecule has 0 unspecified atom stereocenters. The quantitative estimate of drug-likeness (QED) is 0.255. The first-order chi connectivity index (χ1) is 23.4. The Balaban J connectivity index is 1.97. The summed E-state index contributed by atoms with van der Waals surface area (Å²) >= 11 is 0. The van der Waals surface area contributed by atoms with Gasteiger partial charge in [0.2, 0.25) is 11.7 Å². The molecule has 6 atom stereocenters. The maximum Gasteiger partial charge on any atom is 0.405 e. The fraction of sp³-hybridized carbons (Fsp3) is 0.622. The Bertz CT molecular complexity index is 1340. The van der Waals surface area contributed by atoms with Crippen LogP contribution in [0.4, 0.5) is 4.79 Å². The number of ether oxygens (including phenoxy) is 4. The van der Waals surface area contributed by atoms with Gasteiger partial charge >= 0.3 is 6.09 Å². The van der Waals surface area contributed by atoms with Gasteiger partial charge in [0, 0.05) is 63.6 Å². The van der Waals surface area contributed by atoms with Crippen LogP contribution in [0, 0.1) is 11.8 Å². The number of carbonyl (C=O) groups excluding carboxylic acids is 4. The number of ketones is 2. The first kappa shape index (κ1) is 39.9. The SMILES string of the molecule is CO[C@H]1[C@@H](OC)C[C@H](C)CCC2=C(NCCN3CCCC3)C(=O)C=C(CNC(=O)/C(C)=C/C=C\[C@H](OC)[C@@H](OC(N)=O)/C(C)=C/[C@@H]1C)C2=O. The Morgan fingerprint density at radius 3 is 2.41 bits per heavy atom. The molecule has 2 aliphatic heterocycles. The van der Waals surface area contributed by atoms with Crippen LogP contribution in [0.15, 0.2) is 58.4 Å². The molecule has 272 valence electrons. The summed E-state index contributed by atoms with van der Waals surface area (Å²) in [7, 11) is 4.77. The Hall–Kier alpha value is -3.58. The molecule has 0 aromatic carbocycles. The van der Waals surface area contributed by atoms with Crippen LogP contribution in [0.2, 0.25) is 0 Å². The van der Waals surface area contributed by atoms with Crippen LogP contribution in [-0.2, 0) is 33.3 Å². The van der Waals surface area contributed by atoms with Crippen LogP contribution in [0.5, 0.6) is 0 Å². The molecule has 0 aromatic rings. The predicted octanol–water partition coefficient (Wildman–Crippen LogP) is 3.53. The molecule has 1 saturated heterocycles. The van der Waals surface area contributed by atoms with Gasteiger partial charge in [0.15, 0.2) is 11.9 Å². The maximum absolute atomic E-state index is 13.9. The molecule has 1 aliphatic carbocycles. The third-order valence-corrected chi connectivity index (χ3v) is 9.56. The molecule has 49 heavy (non-hydrogen) atoms. The second-order valence-electron chi connectivity index (χ2n) is 13.3. The van der Waals surface area contributed by atoms with E-state index < -0.39 is 24.2 Å². The Labute approximate surface area is 291 Å². The van der Waals surface area contributed by atoms with Crippen molar-refractivity contribution >= 4 is 23.6 Å². The lowest BCUT2D eigenvalue weighted by Gasteiger charge is -2.32. The van der Waals surface area contributed by atoms with E-state index >= 15 is 0 Å². The van der Waals surface area contributed by atoms with Gasteiger partial charge in [-0.1, -0.05) is 38.2 Å². The van der Waals surface area contributed by atoms with Gasteiger partial charge in [-0.3, -0.25) is 14.4 Å². The number of Topliss-reactive ketones (excluding diaryl/α,β-unsaturated/α-hetero) is 1. The van der Waals surface area contributed by atoms with Crippen LogP contribution < -0.4 is 16.4 Å². The number of allylic oxidation sites excluding steroid dienone is 4. The van der Waals surface area contributed by atoms with Crippen molar-refractivity contribution in [1.29, 1.82) is 0 Å². The highest BCUT2D eigenvalue weighted by atomic mass is 16.6. The highest BCUT2D eigenvalue weighted by Crippen LogP contribution is 2.29. The van der Waals surface area contributed by atoms with Crippen molar-refractivity contribution in [2.24, 2.45) is 17.6 Å². The van der Waals surface area contributed by atoms with E-state index in [0.717, 1.165) is 19.6 Å². The largest absolute Gasteiger partial charge is 0.439 e. The average molecular weight is 685 g/mol. The van der Waals surface area contributed by atoms with Gasteiger partial charge < -0.3 is 40.2 Å². The van der Waals surface area contributed by atoms with Crippen LogP contribution >= 0.6 is 0 Å². The number of hydrogen-bond acceptors (Lipinski definition) is 10. The van der Waals surface area contributed by atoms with Crippen molar-refractivity contribution in [3.8, 4) is 0 Å². The van der Waals surface area contributed by atoms with Crippen molar-refractivity contribution in [2.45, 2.75) is 84.2 Å². The third-order valence-electron chi connectivity index (χ3n) is 9.56. The standard InChI is InChI=1S/C37H56N4O8/c1-23-13-14-28-32(39-15-18-41-16-8-9-17-41)29(42)21-27(33(28)43)22-40-36(44)24(2)11-10-12-30(46-5)35(49-37(38)45)26(4)20-25(3)34(48-7)31(19-23)47-6/h10-12,20-21,23,25,30-31,34-35,39H,8-9,13-19,22H2,1-7H3,(H2,38,45)(H,40,44)/b12-10-,24-11+,26-20+/t23-,25+,30+,31+,34-,35+/m1/s1. The topological polar surface area (TPSA) is 159 Å². The normalized spacial score (nSPS) is 31.4. The summed E-state index contributed by atoms with van der Waals surface area (Å²) in [5, 5.41) is 6.07. The second-order valence-corrected chi connectivity index (χ2v) is 13.3. The number of carbonyl (C=O) groups is 4. The molecule has 4 N–H and O–H groups in total. The van der Waals surface area contributed by atoms with E-state index in [2.05, 4.69) is 22.5 Å². The maximum atomic E-state index is 13.9. The molecular weight excluding hydrogens is 628 g/mol. The molecule has 3 aliphatic rings. The summed E-state index contributed by atoms with van der Waals surface area (Å²) in [6.07, 6.45) is 9.05. The number of methoxy groups -OCH3 is 3. The molecule has 0 saturated carbocycles. The lowest BCUT2D eigenvalue weighted by atomic mass is 9.85. The molecule has 12 nitrogen and oxygen atoms in total. The molecule has 0 aromatic heterocycles. The van der Waals surface area contributed by atoms with Crippen LogP contribution in [0.25, 0.3) is 0 Å². The van der Waals surface area contributed by atoms with Crippen molar-refractivity contribution in [1.82, 2.24) is 15.5 Å². The number of hydrogen-bond donors (Lipinski definition) is 3. The minimum absolute atomic E-state index is 0.0865.